The summed E-state index contributed by atoms with van der Waals surface area (Å²) in [7, 11) is 0. The molecule has 0 aromatic heterocycles. The van der Waals surface area contributed by atoms with Crippen molar-refractivity contribution in [1.82, 2.24) is 5.06 Å². The molecule has 0 unspecified atom stereocenters. The molecule has 3 rings (SSSR count). The number of rotatable bonds is 2. The highest BCUT2D eigenvalue weighted by Gasteiger charge is 2.47. The Bertz CT molecular complexity index is 842. The number of amides is 1. The maximum atomic E-state index is 12.6. The molecule has 25 heavy (non-hydrogen) atoms. The van der Waals surface area contributed by atoms with Crippen molar-refractivity contribution in [3.63, 3.8) is 0 Å². The van der Waals surface area contributed by atoms with Crippen LogP contribution in [0.4, 0.5) is 0 Å². The molecule has 2 aromatic carbocycles. The van der Waals surface area contributed by atoms with Crippen molar-refractivity contribution < 1.29 is 19.8 Å². The molecule has 0 radical (unpaired) electrons. The van der Waals surface area contributed by atoms with Gasteiger partial charge in [0.2, 0.25) is 0 Å². The van der Waals surface area contributed by atoms with E-state index in [0.717, 1.165) is 0 Å². The van der Waals surface area contributed by atoms with Crippen LogP contribution in [0, 0.1) is 11.3 Å². The van der Waals surface area contributed by atoms with Crippen LogP contribution in [0.1, 0.15) is 41.4 Å². The molecule has 0 spiro atoms. The van der Waals surface area contributed by atoms with Crippen molar-refractivity contribution in [1.29, 1.82) is 5.26 Å². The lowest BCUT2D eigenvalue weighted by Gasteiger charge is -2.44. The summed E-state index contributed by atoms with van der Waals surface area (Å²) in [6.45, 7) is 3.35. The van der Waals surface area contributed by atoms with E-state index in [0.29, 0.717) is 27.5 Å². The number of aliphatic hydroxyl groups excluding tert-OH is 1. The van der Waals surface area contributed by atoms with E-state index in [4.69, 9.17) is 10.00 Å². The van der Waals surface area contributed by atoms with Crippen molar-refractivity contribution >= 4 is 5.91 Å². The smallest absolute Gasteiger partial charge is 0.277 e. The van der Waals surface area contributed by atoms with Crippen LogP contribution >= 0.6 is 0 Å². The molecule has 1 aliphatic heterocycles. The van der Waals surface area contributed by atoms with Gasteiger partial charge in [-0.2, -0.15) is 5.26 Å². The third-order valence-electron chi connectivity index (χ3n) is 4.33. The summed E-state index contributed by atoms with van der Waals surface area (Å²) in [6.07, 6.45) is -1.19. The zero-order chi connectivity index (χ0) is 18.2. The number of carbonyl (C=O) groups is 1. The first-order valence-corrected chi connectivity index (χ1v) is 7.84. The summed E-state index contributed by atoms with van der Waals surface area (Å²) in [5.41, 5.74) is 0.000928. The molecule has 0 saturated heterocycles. The van der Waals surface area contributed by atoms with Gasteiger partial charge in [0, 0.05) is 11.1 Å². The van der Waals surface area contributed by atoms with Crippen molar-refractivity contribution in [2.45, 2.75) is 31.6 Å². The number of fused-ring (bicyclic) bond motifs is 1. The third-order valence-corrected chi connectivity index (χ3v) is 4.33. The second-order valence-corrected chi connectivity index (χ2v) is 6.48. The quantitative estimate of drug-likeness (QED) is 0.648. The van der Waals surface area contributed by atoms with Crippen LogP contribution in [0.3, 0.4) is 0 Å². The van der Waals surface area contributed by atoms with Gasteiger partial charge in [0.25, 0.3) is 5.91 Å². The second-order valence-electron chi connectivity index (χ2n) is 6.48. The van der Waals surface area contributed by atoms with Gasteiger partial charge in [-0.3, -0.25) is 10.0 Å². The summed E-state index contributed by atoms with van der Waals surface area (Å²) in [6, 6.07) is 14.0. The largest absolute Gasteiger partial charge is 0.485 e. The topological polar surface area (TPSA) is 93.8 Å². The van der Waals surface area contributed by atoms with Crippen LogP contribution in [0.5, 0.6) is 5.75 Å². The van der Waals surface area contributed by atoms with E-state index < -0.39 is 23.7 Å². The van der Waals surface area contributed by atoms with Crippen LogP contribution in [-0.2, 0) is 0 Å². The minimum absolute atomic E-state index is 0.291. The van der Waals surface area contributed by atoms with E-state index in [1.807, 2.05) is 6.07 Å². The molecule has 2 aromatic rings. The van der Waals surface area contributed by atoms with E-state index in [-0.39, 0.29) is 0 Å². The Morgan fingerprint density at radius 3 is 2.56 bits per heavy atom. The molecule has 2 N–H and O–H groups in total. The van der Waals surface area contributed by atoms with Gasteiger partial charge in [-0.15, -0.1) is 0 Å². The van der Waals surface area contributed by atoms with Crippen LogP contribution in [0.25, 0.3) is 0 Å². The fourth-order valence-electron chi connectivity index (χ4n) is 2.94. The van der Waals surface area contributed by atoms with Gasteiger partial charge in [-0.25, -0.2) is 5.06 Å². The molecule has 0 fully saturated rings. The first kappa shape index (κ1) is 17.0. The molecule has 2 atom stereocenters. The van der Waals surface area contributed by atoms with E-state index in [1.54, 1.807) is 56.3 Å². The molecular weight excluding hydrogens is 320 g/mol. The number of hydrogen-bond donors (Lipinski definition) is 2. The van der Waals surface area contributed by atoms with Crippen LogP contribution in [0.15, 0.2) is 48.5 Å². The number of nitrogens with zero attached hydrogens (tertiary/aromatic N) is 2. The summed E-state index contributed by atoms with van der Waals surface area (Å²) in [5.74, 6) is -0.227. The summed E-state index contributed by atoms with van der Waals surface area (Å²) >= 11 is 0. The minimum atomic E-state index is -1.19. The van der Waals surface area contributed by atoms with Gasteiger partial charge in [0.1, 0.15) is 23.5 Å². The van der Waals surface area contributed by atoms with Gasteiger partial charge in [-0.05, 0) is 44.2 Å². The predicted molar refractivity (Wildman–Crippen MR) is 89.0 cm³/mol. The minimum Gasteiger partial charge on any atom is -0.485 e. The maximum absolute atomic E-state index is 12.6. The number of carbonyl (C=O) groups excluding carboxylic acids is 1. The fraction of sp³-hybridized carbons (Fsp3) is 0.263. The van der Waals surface area contributed by atoms with Crippen molar-refractivity contribution in [3.05, 3.63) is 65.2 Å². The average Bonchev–Trinajstić information content (AvgIpc) is 2.62. The summed E-state index contributed by atoms with van der Waals surface area (Å²) in [5, 5.41) is 30.9. The zero-order valence-corrected chi connectivity index (χ0v) is 13.9. The van der Waals surface area contributed by atoms with Gasteiger partial charge in [-0.1, -0.05) is 18.2 Å². The molecule has 0 aliphatic carbocycles. The lowest BCUT2D eigenvalue weighted by atomic mass is 9.85. The van der Waals surface area contributed by atoms with E-state index >= 15 is 0 Å². The average molecular weight is 338 g/mol. The summed E-state index contributed by atoms with van der Waals surface area (Å²) < 4.78 is 5.79. The Morgan fingerprint density at radius 2 is 1.92 bits per heavy atom. The normalized spacial score (nSPS) is 20.8. The van der Waals surface area contributed by atoms with Gasteiger partial charge < -0.3 is 9.84 Å². The number of aliphatic hydroxyl groups is 1. The molecule has 6 heteroatoms. The number of nitriles is 1. The zero-order valence-electron chi connectivity index (χ0n) is 13.9. The molecule has 0 saturated carbocycles. The highest BCUT2D eigenvalue weighted by Crippen LogP contribution is 2.43. The number of hydroxylamine groups is 2. The molecule has 1 heterocycles. The SMILES string of the molecule is CC1(C)Oc2ccc(C#N)cc2[C@H](N(O)C(=O)c2ccccc2)[C@H]1O. The number of ether oxygens (including phenoxy) is 1. The molecule has 128 valence electrons. The van der Waals surface area contributed by atoms with E-state index in [9.17, 15) is 15.1 Å². The lowest BCUT2D eigenvalue weighted by molar-refractivity contribution is -0.165. The summed E-state index contributed by atoms with van der Waals surface area (Å²) in [4.78, 5) is 12.6. The fourth-order valence-corrected chi connectivity index (χ4v) is 2.94. The predicted octanol–water partition coefficient (Wildman–Crippen LogP) is 2.66. The van der Waals surface area contributed by atoms with E-state index in [1.165, 1.54) is 6.07 Å². The van der Waals surface area contributed by atoms with Gasteiger partial charge in [0.15, 0.2) is 0 Å². The number of hydrogen-bond acceptors (Lipinski definition) is 5. The highest BCUT2D eigenvalue weighted by atomic mass is 16.5. The highest BCUT2D eigenvalue weighted by molar-refractivity contribution is 5.93. The number of benzene rings is 2. The first-order valence-electron chi connectivity index (χ1n) is 7.84. The Labute approximate surface area is 145 Å². The van der Waals surface area contributed by atoms with E-state index in [2.05, 4.69) is 0 Å². The Balaban J connectivity index is 2.07. The van der Waals surface area contributed by atoms with Crippen molar-refractivity contribution in [2.75, 3.05) is 0 Å². The molecule has 1 amide bonds. The van der Waals surface area contributed by atoms with Gasteiger partial charge >= 0.3 is 0 Å². The molecule has 6 nitrogen and oxygen atoms in total. The molecule has 1 aliphatic rings. The Kier molecular flexibility index (Phi) is 4.21. The Morgan fingerprint density at radius 1 is 1.24 bits per heavy atom. The van der Waals surface area contributed by atoms with Crippen molar-refractivity contribution in [3.8, 4) is 11.8 Å². The first-order chi connectivity index (χ1) is 11.8. The van der Waals surface area contributed by atoms with Crippen molar-refractivity contribution in [2.24, 2.45) is 0 Å². The molecule has 0 bridgehead atoms. The Hall–Kier alpha value is -2.88. The standard InChI is InChI=1S/C19H18N2O4/c1-19(2)17(22)16(14-10-12(11-20)8-9-15(14)25-19)21(24)18(23)13-6-4-3-5-7-13/h3-10,16-17,22,24H,1-2H3/t16-,17+/m0/s1. The maximum Gasteiger partial charge on any atom is 0.277 e. The molecular formula is C19H18N2O4. The lowest BCUT2D eigenvalue weighted by Crippen LogP contribution is -2.54. The van der Waals surface area contributed by atoms with Crippen LogP contribution < -0.4 is 4.74 Å². The third kappa shape index (κ3) is 2.95. The van der Waals surface area contributed by atoms with Crippen LogP contribution in [-0.4, -0.2) is 33.0 Å². The van der Waals surface area contributed by atoms with Gasteiger partial charge in [0.05, 0.1) is 11.6 Å². The monoisotopic (exact) mass is 338 g/mol. The second kappa shape index (κ2) is 6.20. The van der Waals surface area contributed by atoms with Crippen LogP contribution in [0.2, 0.25) is 0 Å².